The number of nitrogens with one attached hydrogen (secondary N) is 1. The van der Waals surface area contributed by atoms with E-state index in [1.54, 1.807) is 12.1 Å². The first-order valence-electron chi connectivity index (χ1n) is 4.98. The minimum atomic E-state index is -0.293. The van der Waals surface area contributed by atoms with Crippen LogP contribution in [0.1, 0.15) is 5.56 Å². The van der Waals surface area contributed by atoms with Crippen LogP contribution < -0.4 is 5.32 Å². The van der Waals surface area contributed by atoms with Crippen LogP contribution in [-0.4, -0.2) is 4.99 Å². The lowest BCUT2D eigenvalue weighted by Crippen LogP contribution is -2.10. The van der Waals surface area contributed by atoms with Crippen LogP contribution in [0.3, 0.4) is 0 Å². The first-order chi connectivity index (χ1) is 8.16. The average Bonchev–Trinajstić information content (AvgIpc) is 2.32. The summed E-state index contributed by atoms with van der Waals surface area (Å²) in [4.78, 5) is 0.497. The molecular weight excluding hydrogens is 301 g/mol. The molecule has 0 aliphatic rings. The Kier molecular flexibility index (Phi) is 3.86. The first-order valence-corrected chi connectivity index (χ1v) is 6.18. The topological polar surface area (TPSA) is 12.0 Å². The molecule has 0 heterocycles. The fourth-order valence-corrected chi connectivity index (χ4v) is 2.01. The molecule has 0 saturated heterocycles. The van der Waals surface area contributed by atoms with Crippen molar-refractivity contribution >= 4 is 38.8 Å². The monoisotopic (exact) mass is 309 g/mol. The molecule has 0 unspecified atom stereocenters. The molecule has 0 saturated carbocycles. The van der Waals surface area contributed by atoms with Gasteiger partial charge in [0.25, 0.3) is 0 Å². The molecule has 2 aromatic rings. The van der Waals surface area contributed by atoms with Gasteiger partial charge in [-0.3, -0.25) is 0 Å². The van der Waals surface area contributed by atoms with Crippen LogP contribution in [0.25, 0.3) is 0 Å². The van der Waals surface area contributed by atoms with Gasteiger partial charge in [0.1, 0.15) is 10.8 Å². The summed E-state index contributed by atoms with van der Waals surface area (Å²) in [5.41, 5.74) is 1.53. The van der Waals surface area contributed by atoms with E-state index in [9.17, 15) is 4.39 Å². The normalized spacial score (nSPS) is 10.0. The summed E-state index contributed by atoms with van der Waals surface area (Å²) in [6, 6.07) is 13.8. The minimum absolute atomic E-state index is 0.293. The molecule has 86 valence electrons. The summed E-state index contributed by atoms with van der Waals surface area (Å²) < 4.78 is 14.0. The van der Waals surface area contributed by atoms with E-state index in [1.165, 1.54) is 12.1 Å². The molecule has 17 heavy (non-hydrogen) atoms. The summed E-state index contributed by atoms with van der Waals surface area (Å²) in [7, 11) is 0. The van der Waals surface area contributed by atoms with E-state index < -0.39 is 0 Å². The summed E-state index contributed by atoms with van der Waals surface area (Å²) in [6.45, 7) is 0. The van der Waals surface area contributed by atoms with Crippen LogP contribution in [0.15, 0.2) is 53.0 Å². The van der Waals surface area contributed by atoms with Crippen molar-refractivity contribution in [2.24, 2.45) is 0 Å². The number of halogens is 2. The molecule has 1 nitrogen and oxygen atoms in total. The molecule has 0 amide bonds. The van der Waals surface area contributed by atoms with Crippen molar-refractivity contribution in [1.29, 1.82) is 0 Å². The molecule has 4 heteroatoms. The largest absolute Gasteiger partial charge is 0.345 e. The van der Waals surface area contributed by atoms with Gasteiger partial charge < -0.3 is 5.32 Å². The predicted octanol–water partition coefficient (Wildman–Crippen LogP) is 4.38. The van der Waals surface area contributed by atoms with E-state index in [0.717, 1.165) is 10.2 Å². The zero-order valence-corrected chi connectivity index (χ0v) is 11.2. The van der Waals surface area contributed by atoms with E-state index in [-0.39, 0.29) is 5.82 Å². The lowest BCUT2D eigenvalue weighted by atomic mass is 10.2. The van der Waals surface area contributed by atoms with Gasteiger partial charge in [0.15, 0.2) is 0 Å². The lowest BCUT2D eigenvalue weighted by Gasteiger charge is -2.09. The van der Waals surface area contributed by atoms with E-state index in [4.69, 9.17) is 12.2 Å². The van der Waals surface area contributed by atoms with Crippen molar-refractivity contribution in [3.8, 4) is 0 Å². The average molecular weight is 310 g/mol. The zero-order chi connectivity index (χ0) is 12.3. The van der Waals surface area contributed by atoms with Gasteiger partial charge in [-0.2, -0.15) is 0 Å². The molecule has 2 aromatic carbocycles. The Balaban J connectivity index is 2.20. The maximum atomic E-state index is 13.0. The number of para-hydroxylation sites is 1. The molecule has 0 aromatic heterocycles. The number of rotatable bonds is 2. The zero-order valence-electron chi connectivity index (χ0n) is 8.78. The number of hydrogen-bond donors (Lipinski definition) is 1. The van der Waals surface area contributed by atoms with E-state index in [2.05, 4.69) is 21.2 Å². The van der Waals surface area contributed by atoms with Crippen LogP contribution in [0.5, 0.6) is 0 Å². The second kappa shape index (κ2) is 5.38. The Morgan fingerprint density at radius 1 is 1.12 bits per heavy atom. The number of hydrogen-bond acceptors (Lipinski definition) is 1. The van der Waals surface area contributed by atoms with Crippen LogP contribution in [0.2, 0.25) is 0 Å². The van der Waals surface area contributed by atoms with Gasteiger partial charge in [0, 0.05) is 10.0 Å². The van der Waals surface area contributed by atoms with Gasteiger partial charge in [-0.05, 0) is 40.2 Å². The second-order valence-corrected chi connectivity index (χ2v) is 4.71. The molecule has 0 atom stereocenters. The van der Waals surface area contributed by atoms with Gasteiger partial charge >= 0.3 is 0 Å². The summed E-state index contributed by atoms with van der Waals surface area (Å²) in [5, 5.41) is 3.07. The highest BCUT2D eigenvalue weighted by Gasteiger charge is 2.04. The van der Waals surface area contributed by atoms with Gasteiger partial charge in [-0.15, -0.1) is 0 Å². The second-order valence-electron chi connectivity index (χ2n) is 3.44. The Morgan fingerprint density at radius 3 is 2.59 bits per heavy atom. The molecule has 0 spiro atoms. The quantitative estimate of drug-likeness (QED) is 0.826. The molecule has 0 fully saturated rings. The maximum Gasteiger partial charge on any atom is 0.123 e. The lowest BCUT2D eigenvalue weighted by molar-refractivity contribution is 0.627. The Labute approximate surface area is 113 Å². The van der Waals surface area contributed by atoms with Gasteiger partial charge in [-0.1, -0.05) is 36.5 Å². The molecule has 2 rings (SSSR count). The third-order valence-electron chi connectivity index (χ3n) is 2.21. The highest BCUT2D eigenvalue weighted by molar-refractivity contribution is 9.10. The third kappa shape index (κ3) is 3.11. The third-order valence-corrected chi connectivity index (χ3v) is 3.24. The number of anilines is 1. The van der Waals surface area contributed by atoms with Gasteiger partial charge in [-0.25, -0.2) is 4.39 Å². The fraction of sp³-hybridized carbons (Fsp3) is 0. The van der Waals surface area contributed by atoms with Crippen LogP contribution >= 0.6 is 28.1 Å². The number of benzene rings is 2. The summed E-state index contributed by atoms with van der Waals surface area (Å²) >= 11 is 8.64. The SMILES string of the molecule is Fc1cccc(C(=S)Nc2ccccc2Br)c1. The Bertz CT molecular complexity index is 557. The molecule has 1 N–H and O–H groups in total. The van der Waals surface area contributed by atoms with Gasteiger partial charge in [0.05, 0.1) is 5.69 Å². The van der Waals surface area contributed by atoms with E-state index >= 15 is 0 Å². The highest BCUT2D eigenvalue weighted by Crippen LogP contribution is 2.22. The summed E-state index contributed by atoms with van der Waals surface area (Å²) in [5.74, 6) is -0.293. The minimum Gasteiger partial charge on any atom is -0.345 e. The van der Waals surface area contributed by atoms with Crippen LogP contribution in [0, 0.1) is 5.82 Å². The van der Waals surface area contributed by atoms with Crippen LogP contribution in [-0.2, 0) is 0 Å². The molecule has 0 aliphatic heterocycles. The van der Waals surface area contributed by atoms with Crippen molar-refractivity contribution < 1.29 is 4.39 Å². The van der Waals surface area contributed by atoms with Crippen molar-refractivity contribution in [3.63, 3.8) is 0 Å². The van der Waals surface area contributed by atoms with Gasteiger partial charge in [0.2, 0.25) is 0 Å². The molecule has 0 aliphatic carbocycles. The Morgan fingerprint density at radius 2 is 1.88 bits per heavy atom. The number of thiocarbonyl (C=S) groups is 1. The van der Waals surface area contributed by atoms with Crippen molar-refractivity contribution in [2.75, 3.05) is 5.32 Å². The van der Waals surface area contributed by atoms with Crippen molar-refractivity contribution in [3.05, 3.63) is 64.4 Å². The first kappa shape index (κ1) is 12.2. The smallest absolute Gasteiger partial charge is 0.123 e. The predicted molar refractivity (Wildman–Crippen MR) is 75.9 cm³/mol. The standard InChI is InChI=1S/C13H9BrFNS/c14-11-6-1-2-7-12(11)16-13(17)9-4-3-5-10(15)8-9/h1-8H,(H,16,17). The maximum absolute atomic E-state index is 13.0. The highest BCUT2D eigenvalue weighted by atomic mass is 79.9. The molecular formula is C13H9BrFNS. The van der Waals surface area contributed by atoms with Crippen LogP contribution in [0.4, 0.5) is 10.1 Å². The van der Waals surface area contributed by atoms with Crippen molar-refractivity contribution in [2.45, 2.75) is 0 Å². The van der Waals surface area contributed by atoms with E-state index in [0.29, 0.717) is 10.6 Å². The summed E-state index contributed by atoms with van der Waals surface area (Å²) in [6.07, 6.45) is 0. The molecule has 0 radical (unpaired) electrons. The fourth-order valence-electron chi connectivity index (χ4n) is 1.39. The Hall–Kier alpha value is -1.26. The van der Waals surface area contributed by atoms with E-state index in [1.807, 2.05) is 24.3 Å². The van der Waals surface area contributed by atoms with Crippen molar-refractivity contribution in [1.82, 2.24) is 0 Å². The molecule has 0 bridgehead atoms.